The third-order valence-electron chi connectivity index (χ3n) is 7.79. The second kappa shape index (κ2) is 9.96. The highest BCUT2D eigenvalue weighted by molar-refractivity contribution is 5.95. The van der Waals surface area contributed by atoms with Crippen molar-refractivity contribution in [2.75, 3.05) is 25.0 Å². The molecule has 0 radical (unpaired) electrons. The van der Waals surface area contributed by atoms with Gasteiger partial charge in [0.05, 0.1) is 17.5 Å². The van der Waals surface area contributed by atoms with E-state index in [1.807, 2.05) is 22.7 Å². The van der Waals surface area contributed by atoms with Crippen LogP contribution in [0.25, 0.3) is 22.3 Å². The molecule has 202 valence electrons. The van der Waals surface area contributed by atoms with E-state index >= 15 is 0 Å². The monoisotopic (exact) mass is 529 g/mol. The number of carbonyl (C=O) groups excluding carboxylic acids is 1. The van der Waals surface area contributed by atoms with Crippen molar-refractivity contribution < 1.29 is 9.18 Å². The zero-order valence-corrected chi connectivity index (χ0v) is 22.6. The van der Waals surface area contributed by atoms with Gasteiger partial charge in [-0.2, -0.15) is 5.10 Å². The third-order valence-corrected chi connectivity index (χ3v) is 7.79. The summed E-state index contributed by atoms with van der Waals surface area (Å²) in [6.07, 6.45) is 6.37. The maximum absolute atomic E-state index is 14.8. The minimum Gasteiger partial charge on any atom is -0.330 e. The molecule has 4 aromatic rings. The fraction of sp³-hybridized carbons (Fsp3) is 0.429. The number of piperazine rings is 1. The Morgan fingerprint density at radius 2 is 1.87 bits per heavy atom. The van der Waals surface area contributed by atoms with Crippen LogP contribution in [0.15, 0.2) is 36.8 Å². The number of pyridine rings is 2. The van der Waals surface area contributed by atoms with E-state index in [9.17, 15) is 9.18 Å². The molecular formula is C28H32FN9O. The van der Waals surface area contributed by atoms with Crippen molar-refractivity contribution in [2.45, 2.75) is 51.6 Å². The Labute approximate surface area is 226 Å². The van der Waals surface area contributed by atoms with E-state index in [1.54, 1.807) is 24.5 Å². The van der Waals surface area contributed by atoms with Crippen molar-refractivity contribution in [2.24, 2.45) is 7.05 Å². The number of hydrogen-bond acceptors (Lipinski definition) is 8. The maximum Gasteiger partial charge on any atom is 0.256 e. The first-order valence-corrected chi connectivity index (χ1v) is 13.5. The molecule has 11 heteroatoms. The Hall–Kier alpha value is -3.99. The summed E-state index contributed by atoms with van der Waals surface area (Å²) in [7, 11) is 1.88. The van der Waals surface area contributed by atoms with Crippen LogP contribution in [0.4, 0.5) is 16.2 Å². The molecular weight excluding hydrogens is 497 g/mol. The Balaban J connectivity index is 1.21. The Morgan fingerprint density at radius 3 is 2.54 bits per heavy atom. The summed E-state index contributed by atoms with van der Waals surface area (Å²) < 4.78 is 16.6. The van der Waals surface area contributed by atoms with Gasteiger partial charge in [-0.05, 0) is 43.5 Å². The number of amides is 1. The number of halogens is 1. The van der Waals surface area contributed by atoms with Crippen LogP contribution in [-0.4, -0.2) is 77.1 Å². The van der Waals surface area contributed by atoms with Crippen molar-refractivity contribution in [3.63, 3.8) is 0 Å². The first-order chi connectivity index (χ1) is 18.8. The van der Waals surface area contributed by atoms with E-state index in [4.69, 9.17) is 0 Å². The van der Waals surface area contributed by atoms with Crippen LogP contribution in [0.3, 0.4) is 0 Å². The largest absolute Gasteiger partial charge is 0.330 e. The molecule has 2 bridgehead atoms. The van der Waals surface area contributed by atoms with Gasteiger partial charge in [0.1, 0.15) is 11.5 Å². The van der Waals surface area contributed by atoms with Crippen LogP contribution in [0.5, 0.6) is 0 Å². The summed E-state index contributed by atoms with van der Waals surface area (Å²) in [5.41, 5.74) is 2.85. The van der Waals surface area contributed by atoms with Gasteiger partial charge in [0.15, 0.2) is 11.5 Å². The lowest BCUT2D eigenvalue weighted by Crippen LogP contribution is -2.55. The molecule has 2 saturated heterocycles. The van der Waals surface area contributed by atoms with Crippen molar-refractivity contribution in [3.8, 4) is 11.3 Å². The summed E-state index contributed by atoms with van der Waals surface area (Å²) in [5, 5.41) is 8.36. The number of hydrogen-bond donors (Lipinski definition) is 1. The molecule has 0 aromatic carbocycles. The van der Waals surface area contributed by atoms with Gasteiger partial charge in [0.2, 0.25) is 5.95 Å². The van der Waals surface area contributed by atoms with Crippen molar-refractivity contribution in [1.82, 2.24) is 39.5 Å². The van der Waals surface area contributed by atoms with E-state index in [0.29, 0.717) is 22.6 Å². The lowest BCUT2D eigenvalue weighted by Gasteiger charge is -2.40. The van der Waals surface area contributed by atoms with Gasteiger partial charge in [0.25, 0.3) is 5.91 Å². The van der Waals surface area contributed by atoms with Crippen molar-refractivity contribution >= 4 is 28.7 Å². The van der Waals surface area contributed by atoms with Gasteiger partial charge in [-0.3, -0.25) is 14.4 Å². The molecule has 2 aliphatic rings. The Kier molecular flexibility index (Phi) is 6.46. The minimum atomic E-state index is -0.552. The molecule has 2 aliphatic heterocycles. The summed E-state index contributed by atoms with van der Waals surface area (Å²) in [6, 6.07) is 5.88. The van der Waals surface area contributed by atoms with Crippen LogP contribution >= 0.6 is 0 Å². The fourth-order valence-electron chi connectivity index (χ4n) is 5.98. The van der Waals surface area contributed by atoms with E-state index in [2.05, 4.69) is 56.0 Å². The first-order valence-electron chi connectivity index (χ1n) is 13.5. The molecule has 0 aliphatic carbocycles. The zero-order valence-electron chi connectivity index (χ0n) is 22.6. The fourth-order valence-corrected chi connectivity index (χ4v) is 5.98. The molecule has 1 amide bonds. The standard InChI is InChI=1S/C28H32FN9O/c1-5-37-14-19-7-8-20(15-37)38(19)27(39)17-6-9-23(30-11-17)33-28-32-13-22(29)24(34-28)18-10-21-25(16(2)3)36(4)35-26(21)31-12-18/h6,9-13,16,19-20H,5,7-8,14-15H2,1-4H3,(H,30,32,33,34). The predicted molar refractivity (Wildman–Crippen MR) is 146 cm³/mol. The highest BCUT2D eigenvalue weighted by atomic mass is 19.1. The Bertz CT molecular complexity index is 1520. The average Bonchev–Trinajstić information content (AvgIpc) is 3.40. The van der Waals surface area contributed by atoms with Crippen LogP contribution in [0.2, 0.25) is 0 Å². The molecule has 4 aromatic heterocycles. The van der Waals surface area contributed by atoms with Crippen LogP contribution in [0, 0.1) is 5.82 Å². The number of aromatic nitrogens is 6. The molecule has 0 saturated carbocycles. The van der Waals surface area contributed by atoms with Gasteiger partial charge in [-0.15, -0.1) is 0 Å². The Morgan fingerprint density at radius 1 is 1.10 bits per heavy atom. The van der Waals surface area contributed by atoms with E-state index < -0.39 is 5.82 Å². The molecule has 39 heavy (non-hydrogen) atoms. The van der Waals surface area contributed by atoms with E-state index in [-0.39, 0.29) is 35.6 Å². The normalized spacial score (nSPS) is 19.3. The van der Waals surface area contributed by atoms with Gasteiger partial charge < -0.3 is 10.2 Å². The number of nitrogens with zero attached hydrogens (tertiary/aromatic N) is 8. The van der Waals surface area contributed by atoms with Gasteiger partial charge in [0, 0.05) is 55.6 Å². The lowest BCUT2D eigenvalue weighted by atomic mass is 10.1. The molecule has 10 nitrogen and oxygen atoms in total. The van der Waals surface area contributed by atoms with Crippen molar-refractivity contribution in [1.29, 1.82) is 0 Å². The number of anilines is 2. The highest BCUT2D eigenvalue weighted by Gasteiger charge is 2.42. The summed E-state index contributed by atoms with van der Waals surface area (Å²) in [6.45, 7) is 9.20. The molecule has 0 spiro atoms. The topological polar surface area (TPSA) is 105 Å². The number of likely N-dealkylation sites (tertiary alicyclic amines) is 1. The van der Waals surface area contributed by atoms with E-state index in [1.165, 1.54) is 0 Å². The van der Waals surface area contributed by atoms with Gasteiger partial charge in [-0.1, -0.05) is 20.8 Å². The first kappa shape index (κ1) is 25.3. The lowest BCUT2D eigenvalue weighted by molar-refractivity contribution is 0.0433. The molecule has 6 rings (SSSR count). The SMILES string of the molecule is CCN1CC2CCC(C1)N2C(=O)c1ccc(Nc2ncc(F)c(-c3cnc4nn(C)c(C(C)C)c4c3)n2)nc1. The molecule has 2 fully saturated rings. The van der Waals surface area contributed by atoms with Gasteiger partial charge in [-0.25, -0.2) is 24.3 Å². The molecule has 1 N–H and O–H groups in total. The number of aryl methyl sites for hydroxylation is 1. The number of fused-ring (bicyclic) bond motifs is 3. The smallest absolute Gasteiger partial charge is 0.256 e. The van der Waals surface area contributed by atoms with Crippen LogP contribution in [-0.2, 0) is 7.05 Å². The molecule has 2 unspecified atom stereocenters. The van der Waals surface area contributed by atoms with E-state index in [0.717, 1.165) is 49.8 Å². The zero-order chi connectivity index (χ0) is 27.3. The second-order valence-electron chi connectivity index (χ2n) is 10.7. The molecule has 2 atom stereocenters. The third kappa shape index (κ3) is 4.60. The maximum atomic E-state index is 14.8. The number of rotatable bonds is 6. The highest BCUT2D eigenvalue weighted by Crippen LogP contribution is 2.32. The van der Waals surface area contributed by atoms with Gasteiger partial charge >= 0.3 is 0 Å². The average molecular weight is 530 g/mol. The van der Waals surface area contributed by atoms with Crippen LogP contribution < -0.4 is 5.32 Å². The number of likely N-dealkylation sites (N-methyl/N-ethyl adjacent to an activating group) is 1. The van der Waals surface area contributed by atoms with Crippen molar-refractivity contribution in [3.05, 3.63) is 53.9 Å². The predicted octanol–water partition coefficient (Wildman–Crippen LogP) is 4.14. The minimum absolute atomic E-state index is 0.0247. The molecule has 6 heterocycles. The number of carbonyl (C=O) groups is 1. The summed E-state index contributed by atoms with van der Waals surface area (Å²) in [5.74, 6) is 0.356. The van der Waals surface area contributed by atoms with Crippen LogP contribution in [0.1, 0.15) is 55.6 Å². The quantitative estimate of drug-likeness (QED) is 0.398. The number of nitrogens with one attached hydrogen (secondary N) is 1. The summed E-state index contributed by atoms with van der Waals surface area (Å²) >= 11 is 0. The second-order valence-corrected chi connectivity index (χ2v) is 10.7. The summed E-state index contributed by atoms with van der Waals surface area (Å²) in [4.78, 5) is 35.1.